The van der Waals surface area contributed by atoms with E-state index in [1.807, 2.05) is 30.3 Å². The van der Waals surface area contributed by atoms with Gasteiger partial charge in [-0.2, -0.15) is 0 Å². The van der Waals surface area contributed by atoms with Crippen LogP contribution in [-0.4, -0.2) is 22.9 Å². The van der Waals surface area contributed by atoms with Crippen LogP contribution in [-0.2, 0) is 0 Å². The van der Waals surface area contributed by atoms with E-state index in [0.29, 0.717) is 12.1 Å². The highest BCUT2D eigenvalue weighted by Gasteiger charge is 2.37. The van der Waals surface area contributed by atoms with Crippen LogP contribution in [0.3, 0.4) is 0 Å². The number of fused-ring (bicyclic) bond motifs is 3. The van der Waals surface area contributed by atoms with Crippen LogP contribution in [0.25, 0.3) is 10.8 Å². The van der Waals surface area contributed by atoms with Gasteiger partial charge in [0.25, 0.3) is 5.91 Å². The summed E-state index contributed by atoms with van der Waals surface area (Å²) < 4.78 is 0. The molecule has 0 radical (unpaired) electrons. The SMILES string of the molecule is O=C(c1ccc2ccccc2c1)N1C2C=CCC1CC2. The fraction of sp³-hybridized carbons (Fsp3) is 0.278. The maximum atomic E-state index is 12.8. The monoisotopic (exact) mass is 263 g/mol. The molecule has 2 nitrogen and oxygen atoms in total. The first kappa shape index (κ1) is 11.7. The van der Waals surface area contributed by atoms with Gasteiger partial charge < -0.3 is 4.90 Å². The number of amides is 1. The van der Waals surface area contributed by atoms with E-state index in [4.69, 9.17) is 0 Å². The molecule has 1 fully saturated rings. The average molecular weight is 263 g/mol. The summed E-state index contributed by atoms with van der Waals surface area (Å²) in [6.45, 7) is 0. The summed E-state index contributed by atoms with van der Waals surface area (Å²) in [6.07, 6.45) is 7.68. The molecule has 100 valence electrons. The molecule has 1 amide bonds. The molecular formula is C18H17NO. The molecule has 0 aliphatic carbocycles. The normalized spacial score (nSPS) is 24.3. The molecule has 2 unspecified atom stereocenters. The maximum Gasteiger partial charge on any atom is 0.254 e. The molecule has 2 aromatic rings. The number of carbonyl (C=O) groups is 1. The van der Waals surface area contributed by atoms with Crippen molar-refractivity contribution in [3.63, 3.8) is 0 Å². The summed E-state index contributed by atoms with van der Waals surface area (Å²) in [4.78, 5) is 14.9. The van der Waals surface area contributed by atoms with Gasteiger partial charge in [0.1, 0.15) is 0 Å². The third kappa shape index (κ3) is 1.75. The lowest BCUT2D eigenvalue weighted by molar-refractivity contribution is 0.0689. The number of rotatable bonds is 1. The molecule has 2 aromatic carbocycles. The van der Waals surface area contributed by atoms with Crippen LogP contribution < -0.4 is 0 Å². The second kappa shape index (κ2) is 4.48. The Kier molecular flexibility index (Phi) is 2.62. The summed E-state index contributed by atoms with van der Waals surface area (Å²) in [5.74, 6) is 0.188. The van der Waals surface area contributed by atoms with Crippen molar-refractivity contribution in [1.82, 2.24) is 4.90 Å². The Balaban J connectivity index is 1.72. The van der Waals surface area contributed by atoms with Gasteiger partial charge in [-0.3, -0.25) is 4.79 Å². The standard InChI is InChI=1S/C18H17NO/c20-18(19-16-6-3-7-17(19)11-10-16)15-9-8-13-4-1-2-5-14(13)12-15/h1-6,8-9,12,16-17H,7,10-11H2. The summed E-state index contributed by atoms with van der Waals surface area (Å²) in [5.41, 5.74) is 0.816. The Morgan fingerprint density at radius 1 is 1.05 bits per heavy atom. The summed E-state index contributed by atoms with van der Waals surface area (Å²) in [5, 5.41) is 2.32. The zero-order valence-corrected chi connectivity index (χ0v) is 11.3. The first-order chi connectivity index (χ1) is 9.83. The van der Waals surface area contributed by atoms with Crippen LogP contribution in [0, 0.1) is 0 Å². The molecule has 2 atom stereocenters. The van der Waals surface area contributed by atoms with Crippen LogP contribution in [0.1, 0.15) is 29.6 Å². The van der Waals surface area contributed by atoms with Crippen LogP contribution in [0.15, 0.2) is 54.6 Å². The highest BCUT2D eigenvalue weighted by Crippen LogP contribution is 2.33. The van der Waals surface area contributed by atoms with Gasteiger partial charge in [-0.25, -0.2) is 0 Å². The molecule has 4 rings (SSSR count). The zero-order chi connectivity index (χ0) is 13.5. The number of carbonyl (C=O) groups excluding carboxylic acids is 1. The molecule has 0 N–H and O–H groups in total. The van der Waals surface area contributed by atoms with Gasteiger partial charge in [-0.15, -0.1) is 0 Å². The number of benzene rings is 2. The van der Waals surface area contributed by atoms with Crippen molar-refractivity contribution in [3.05, 3.63) is 60.2 Å². The fourth-order valence-corrected chi connectivity index (χ4v) is 3.51. The van der Waals surface area contributed by atoms with Crippen molar-refractivity contribution in [3.8, 4) is 0 Å². The van der Waals surface area contributed by atoms with E-state index in [0.717, 1.165) is 30.2 Å². The Morgan fingerprint density at radius 3 is 2.75 bits per heavy atom. The van der Waals surface area contributed by atoms with E-state index in [1.54, 1.807) is 0 Å². The molecule has 0 spiro atoms. The predicted molar refractivity (Wildman–Crippen MR) is 80.7 cm³/mol. The predicted octanol–water partition coefficient (Wildman–Crippen LogP) is 3.77. The zero-order valence-electron chi connectivity index (χ0n) is 11.3. The first-order valence-corrected chi connectivity index (χ1v) is 7.31. The lowest BCUT2D eigenvalue weighted by atomic mass is 10.0. The van der Waals surface area contributed by atoms with Gasteiger partial charge in [0, 0.05) is 11.6 Å². The molecule has 0 aromatic heterocycles. The molecule has 2 aliphatic heterocycles. The fourth-order valence-electron chi connectivity index (χ4n) is 3.51. The van der Waals surface area contributed by atoms with E-state index < -0.39 is 0 Å². The third-order valence-electron chi connectivity index (χ3n) is 4.54. The largest absolute Gasteiger partial charge is 0.329 e. The van der Waals surface area contributed by atoms with Crippen LogP contribution in [0.2, 0.25) is 0 Å². The van der Waals surface area contributed by atoms with Gasteiger partial charge >= 0.3 is 0 Å². The van der Waals surface area contributed by atoms with Gasteiger partial charge in [0.05, 0.1) is 6.04 Å². The lowest BCUT2D eigenvalue weighted by Crippen LogP contribution is -2.42. The topological polar surface area (TPSA) is 20.3 Å². The first-order valence-electron chi connectivity index (χ1n) is 7.31. The van der Waals surface area contributed by atoms with E-state index in [1.165, 1.54) is 5.39 Å². The number of nitrogens with zero attached hydrogens (tertiary/aromatic N) is 1. The Morgan fingerprint density at radius 2 is 1.90 bits per heavy atom. The smallest absolute Gasteiger partial charge is 0.254 e. The molecule has 1 saturated heterocycles. The van der Waals surface area contributed by atoms with Crippen molar-refractivity contribution in [2.24, 2.45) is 0 Å². The average Bonchev–Trinajstić information content (AvgIpc) is 2.75. The minimum absolute atomic E-state index is 0.188. The number of hydrogen-bond donors (Lipinski definition) is 0. The third-order valence-corrected chi connectivity index (χ3v) is 4.54. The van der Waals surface area contributed by atoms with Crippen molar-refractivity contribution < 1.29 is 4.79 Å². The Hall–Kier alpha value is -2.09. The van der Waals surface area contributed by atoms with E-state index in [2.05, 4.69) is 29.2 Å². The molecular weight excluding hydrogens is 246 g/mol. The summed E-state index contributed by atoms with van der Waals surface area (Å²) >= 11 is 0. The van der Waals surface area contributed by atoms with Crippen molar-refractivity contribution in [2.75, 3.05) is 0 Å². The van der Waals surface area contributed by atoms with Crippen molar-refractivity contribution in [2.45, 2.75) is 31.3 Å². The minimum Gasteiger partial charge on any atom is -0.329 e. The highest BCUT2D eigenvalue weighted by molar-refractivity contribution is 5.99. The summed E-state index contributed by atoms with van der Waals surface area (Å²) in [6, 6.07) is 14.9. The lowest BCUT2D eigenvalue weighted by Gasteiger charge is -2.31. The highest BCUT2D eigenvalue weighted by atomic mass is 16.2. The van der Waals surface area contributed by atoms with E-state index >= 15 is 0 Å². The van der Waals surface area contributed by atoms with Crippen LogP contribution in [0.4, 0.5) is 0 Å². The van der Waals surface area contributed by atoms with Gasteiger partial charge in [-0.1, -0.05) is 42.5 Å². The van der Waals surface area contributed by atoms with Crippen LogP contribution >= 0.6 is 0 Å². The minimum atomic E-state index is 0.188. The van der Waals surface area contributed by atoms with Gasteiger partial charge in [0.2, 0.25) is 0 Å². The second-order valence-electron chi connectivity index (χ2n) is 5.74. The molecule has 20 heavy (non-hydrogen) atoms. The van der Waals surface area contributed by atoms with Crippen molar-refractivity contribution in [1.29, 1.82) is 0 Å². The van der Waals surface area contributed by atoms with Gasteiger partial charge in [-0.05, 0) is 42.2 Å². The quantitative estimate of drug-likeness (QED) is 0.717. The molecule has 2 heterocycles. The van der Waals surface area contributed by atoms with Gasteiger partial charge in [0.15, 0.2) is 0 Å². The summed E-state index contributed by atoms with van der Waals surface area (Å²) in [7, 11) is 0. The van der Waals surface area contributed by atoms with E-state index in [-0.39, 0.29) is 5.91 Å². The van der Waals surface area contributed by atoms with Crippen LogP contribution in [0.5, 0.6) is 0 Å². The maximum absolute atomic E-state index is 12.8. The Bertz CT molecular complexity index is 703. The second-order valence-corrected chi connectivity index (χ2v) is 5.74. The van der Waals surface area contributed by atoms with Crippen molar-refractivity contribution >= 4 is 16.7 Å². The number of hydrogen-bond acceptors (Lipinski definition) is 1. The Labute approximate surface area is 118 Å². The molecule has 2 heteroatoms. The molecule has 2 aliphatic rings. The molecule has 2 bridgehead atoms. The molecule has 0 saturated carbocycles. The van der Waals surface area contributed by atoms with E-state index in [9.17, 15) is 4.79 Å².